The van der Waals surface area contributed by atoms with Gasteiger partial charge in [-0.05, 0) is 45.6 Å². The van der Waals surface area contributed by atoms with Crippen molar-refractivity contribution in [3.63, 3.8) is 0 Å². The van der Waals surface area contributed by atoms with Crippen molar-refractivity contribution in [2.45, 2.75) is 57.5 Å². The molecule has 1 aliphatic heterocycles. The number of carbonyl (C=O) groups excluding carboxylic acids is 1. The van der Waals surface area contributed by atoms with Gasteiger partial charge in [0.15, 0.2) is 0 Å². The van der Waals surface area contributed by atoms with Crippen molar-refractivity contribution in [3.05, 3.63) is 35.4 Å². The molecule has 1 unspecified atom stereocenters. The Balaban J connectivity index is 1.62. The van der Waals surface area contributed by atoms with E-state index in [1.165, 1.54) is 18.4 Å². The molecule has 1 aromatic carbocycles. The summed E-state index contributed by atoms with van der Waals surface area (Å²) >= 11 is 0. The number of nitrogens with zero attached hydrogens (tertiary/aromatic N) is 1. The van der Waals surface area contributed by atoms with Crippen LogP contribution in [0.4, 0.5) is 0 Å². The maximum atomic E-state index is 12.7. The number of rotatable bonds is 4. The molecule has 1 saturated heterocycles. The molecule has 0 radical (unpaired) electrons. The highest BCUT2D eigenvalue weighted by Gasteiger charge is 2.37. The number of amides is 1. The van der Waals surface area contributed by atoms with E-state index in [0.717, 1.165) is 31.1 Å². The second kappa shape index (κ2) is 5.45. The number of hydrogen-bond acceptors (Lipinski definition) is 2. The molecule has 3 nitrogen and oxygen atoms in total. The van der Waals surface area contributed by atoms with Crippen molar-refractivity contribution in [3.8, 4) is 0 Å². The first kappa shape index (κ1) is 14.6. The molecule has 0 bridgehead atoms. The number of carbonyl (C=O) groups is 1. The van der Waals surface area contributed by atoms with Crippen molar-refractivity contribution in [1.82, 2.24) is 10.2 Å². The predicted molar refractivity (Wildman–Crippen MR) is 85.3 cm³/mol. The van der Waals surface area contributed by atoms with Crippen LogP contribution in [0.25, 0.3) is 0 Å². The van der Waals surface area contributed by atoms with Gasteiger partial charge in [-0.1, -0.05) is 29.8 Å². The Labute approximate surface area is 127 Å². The van der Waals surface area contributed by atoms with Gasteiger partial charge in [-0.15, -0.1) is 0 Å². The first-order chi connectivity index (χ1) is 9.96. The first-order valence-electron chi connectivity index (χ1n) is 8.09. The van der Waals surface area contributed by atoms with Crippen molar-refractivity contribution >= 4 is 5.91 Å². The van der Waals surface area contributed by atoms with E-state index < -0.39 is 5.41 Å². The quantitative estimate of drug-likeness (QED) is 0.923. The lowest BCUT2D eigenvalue weighted by atomic mass is 9.83. The number of aryl methyl sites for hydroxylation is 1. The largest absolute Gasteiger partial charge is 0.351 e. The van der Waals surface area contributed by atoms with E-state index in [1.807, 2.05) is 13.8 Å². The van der Waals surface area contributed by atoms with Crippen molar-refractivity contribution in [2.75, 3.05) is 13.1 Å². The van der Waals surface area contributed by atoms with Crippen LogP contribution in [-0.2, 0) is 10.2 Å². The van der Waals surface area contributed by atoms with E-state index in [0.29, 0.717) is 6.04 Å². The minimum absolute atomic E-state index is 0.147. The average molecular weight is 286 g/mol. The smallest absolute Gasteiger partial charge is 0.230 e. The van der Waals surface area contributed by atoms with Gasteiger partial charge in [-0.3, -0.25) is 9.69 Å². The molecule has 0 spiro atoms. The molecule has 1 heterocycles. The minimum atomic E-state index is -0.472. The van der Waals surface area contributed by atoms with Gasteiger partial charge in [0.05, 0.1) is 5.41 Å². The predicted octanol–water partition coefficient (Wildman–Crippen LogP) is 2.63. The van der Waals surface area contributed by atoms with E-state index in [1.54, 1.807) is 0 Å². The van der Waals surface area contributed by atoms with Crippen molar-refractivity contribution in [1.29, 1.82) is 0 Å². The monoisotopic (exact) mass is 286 g/mol. The molecule has 1 atom stereocenters. The highest BCUT2D eigenvalue weighted by atomic mass is 16.2. The molecule has 0 aromatic heterocycles. The first-order valence-corrected chi connectivity index (χ1v) is 8.09. The van der Waals surface area contributed by atoms with Gasteiger partial charge in [-0.2, -0.15) is 0 Å². The van der Waals surface area contributed by atoms with Crippen LogP contribution in [0.2, 0.25) is 0 Å². The molecule has 114 valence electrons. The Morgan fingerprint density at radius 3 is 2.48 bits per heavy atom. The second-order valence-electron chi connectivity index (χ2n) is 7.18. The summed E-state index contributed by atoms with van der Waals surface area (Å²) < 4.78 is 0. The van der Waals surface area contributed by atoms with E-state index in [9.17, 15) is 4.79 Å². The van der Waals surface area contributed by atoms with Crippen LogP contribution in [0.3, 0.4) is 0 Å². The molecule has 2 aliphatic rings. The lowest BCUT2D eigenvalue weighted by Gasteiger charge is -2.26. The van der Waals surface area contributed by atoms with E-state index >= 15 is 0 Å². The maximum Gasteiger partial charge on any atom is 0.230 e. The van der Waals surface area contributed by atoms with Crippen molar-refractivity contribution in [2.24, 2.45) is 0 Å². The third-order valence-electron chi connectivity index (χ3n) is 4.96. The Kier molecular flexibility index (Phi) is 3.78. The van der Waals surface area contributed by atoms with Gasteiger partial charge >= 0.3 is 0 Å². The fourth-order valence-corrected chi connectivity index (χ4v) is 3.14. The van der Waals surface area contributed by atoms with Crippen LogP contribution in [0.5, 0.6) is 0 Å². The highest BCUT2D eigenvalue weighted by Crippen LogP contribution is 2.30. The molecular formula is C18H26N2O. The number of likely N-dealkylation sites (tertiary alicyclic amines) is 1. The normalized spacial score (nSPS) is 23.3. The third-order valence-corrected chi connectivity index (χ3v) is 4.96. The van der Waals surface area contributed by atoms with Gasteiger partial charge in [0, 0.05) is 25.2 Å². The van der Waals surface area contributed by atoms with Crippen LogP contribution >= 0.6 is 0 Å². The summed E-state index contributed by atoms with van der Waals surface area (Å²) in [6.45, 7) is 8.27. The molecule has 3 rings (SSSR count). The molecule has 1 aliphatic carbocycles. The van der Waals surface area contributed by atoms with Gasteiger partial charge < -0.3 is 5.32 Å². The van der Waals surface area contributed by atoms with Gasteiger partial charge in [0.25, 0.3) is 0 Å². The van der Waals surface area contributed by atoms with Crippen molar-refractivity contribution < 1.29 is 4.79 Å². The summed E-state index contributed by atoms with van der Waals surface area (Å²) in [4.78, 5) is 15.2. The fraction of sp³-hybridized carbons (Fsp3) is 0.611. The van der Waals surface area contributed by atoms with Crippen LogP contribution in [0, 0.1) is 6.92 Å². The van der Waals surface area contributed by atoms with E-state index in [4.69, 9.17) is 0 Å². The molecule has 1 amide bonds. The van der Waals surface area contributed by atoms with E-state index in [-0.39, 0.29) is 5.91 Å². The topological polar surface area (TPSA) is 32.3 Å². The van der Waals surface area contributed by atoms with E-state index in [2.05, 4.69) is 41.4 Å². The summed E-state index contributed by atoms with van der Waals surface area (Å²) in [5.41, 5.74) is 1.84. The zero-order valence-corrected chi connectivity index (χ0v) is 13.4. The average Bonchev–Trinajstić information content (AvgIpc) is 3.20. The maximum absolute atomic E-state index is 12.7. The van der Waals surface area contributed by atoms with Gasteiger partial charge in [0.1, 0.15) is 0 Å². The number of benzene rings is 1. The lowest BCUT2D eigenvalue weighted by Crippen LogP contribution is -2.46. The summed E-state index contributed by atoms with van der Waals surface area (Å²) in [7, 11) is 0. The fourth-order valence-electron chi connectivity index (χ4n) is 3.14. The molecular weight excluding hydrogens is 260 g/mol. The Hall–Kier alpha value is -1.35. The van der Waals surface area contributed by atoms with Crippen LogP contribution in [0.15, 0.2) is 24.3 Å². The van der Waals surface area contributed by atoms with Gasteiger partial charge in [0.2, 0.25) is 5.91 Å². The summed E-state index contributed by atoms with van der Waals surface area (Å²) in [6, 6.07) is 9.42. The zero-order valence-electron chi connectivity index (χ0n) is 13.4. The Morgan fingerprint density at radius 2 is 1.86 bits per heavy atom. The molecule has 3 heteroatoms. The molecule has 2 fully saturated rings. The number of hydrogen-bond donors (Lipinski definition) is 1. The standard InChI is InChI=1S/C18H26N2O/c1-13-4-6-14(7-5-13)18(2,3)17(21)19-15-10-11-20(12-15)16-8-9-16/h4-7,15-16H,8-12H2,1-3H3,(H,19,21). The summed E-state index contributed by atoms with van der Waals surface area (Å²) in [5, 5.41) is 3.26. The highest BCUT2D eigenvalue weighted by molar-refractivity contribution is 5.87. The van der Waals surface area contributed by atoms with Crippen LogP contribution in [-0.4, -0.2) is 36.0 Å². The third kappa shape index (κ3) is 3.13. The molecule has 1 aromatic rings. The molecule has 21 heavy (non-hydrogen) atoms. The minimum Gasteiger partial charge on any atom is -0.351 e. The summed E-state index contributed by atoms with van der Waals surface area (Å²) in [5.74, 6) is 0.147. The molecule has 1 N–H and O–H groups in total. The Morgan fingerprint density at radius 1 is 1.19 bits per heavy atom. The SMILES string of the molecule is Cc1ccc(C(C)(C)C(=O)NC2CCN(C3CC3)C2)cc1. The summed E-state index contributed by atoms with van der Waals surface area (Å²) in [6.07, 6.45) is 3.78. The molecule has 1 saturated carbocycles. The van der Waals surface area contributed by atoms with Gasteiger partial charge in [-0.25, -0.2) is 0 Å². The zero-order chi connectivity index (χ0) is 15.0. The Bertz CT molecular complexity index is 517. The van der Waals surface area contributed by atoms with Crippen LogP contribution < -0.4 is 5.32 Å². The number of nitrogens with one attached hydrogen (secondary N) is 1. The second-order valence-corrected chi connectivity index (χ2v) is 7.18. The van der Waals surface area contributed by atoms with Crippen LogP contribution in [0.1, 0.15) is 44.2 Å². The lowest BCUT2D eigenvalue weighted by molar-refractivity contribution is -0.126.